The van der Waals surface area contributed by atoms with Gasteiger partial charge in [0.15, 0.2) is 0 Å². The minimum absolute atomic E-state index is 0.249. The van der Waals surface area contributed by atoms with Gasteiger partial charge >= 0.3 is 6.09 Å². The first-order chi connectivity index (χ1) is 10.9. The molecule has 1 atom stereocenters. The number of anilines is 2. The monoisotopic (exact) mass is 334 g/mol. The molecule has 23 heavy (non-hydrogen) atoms. The lowest BCUT2D eigenvalue weighted by molar-refractivity contribution is 0.0584. The molecule has 0 radical (unpaired) electrons. The predicted molar refractivity (Wildman–Crippen MR) is 97.7 cm³/mol. The van der Waals surface area contributed by atoms with Crippen LogP contribution < -0.4 is 10.2 Å². The van der Waals surface area contributed by atoms with Crippen LogP contribution in [0.25, 0.3) is 0 Å². The van der Waals surface area contributed by atoms with E-state index in [1.165, 1.54) is 35.6 Å². The lowest BCUT2D eigenvalue weighted by Gasteiger charge is -2.25. The molecule has 2 aliphatic heterocycles. The van der Waals surface area contributed by atoms with E-state index in [-0.39, 0.29) is 6.09 Å². The molecule has 2 aliphatic rings. The van der Waals surface area contributed by atoms with Gasteiger partial charge in [0.05, 0.1) is 5.69 Å². The van der Waals surface area contributed by atoms with Crippen molar-refractivity contribution in [1.82, 2.24) is 0 Å². The molecule has 2 heterocycles. The third-order valence-corrected chi connectivity index (χ3v) is 5.34. The number of ether oxygens (including phenoxy) is 1. The van der Waals surface area contributed by atoms with Gasteiger partial charge in [-0.3, -0.25) is 4.90 Å². The molecular formula is C18H26N2O2S. The highest BCUT2D eigenvalue weighted by Gasteiger charge is 2.29. The van der Waals surface area contributed by atoms with Crippen molar-refractivity contribution in [1.29, 1.82) is 0 Å². The summed E-state index contributed by atoms with van der Waals surface area (Å²) in [6, 6.07) is 6.89. The van der Waals surface area contributed by atoms with Gasteiger partial charge in [-0.25, -0.2) is 4.79 Å². The number of thioether (sulfide) groups is 1. The molecule has 3 rings (SSSR count). The van der Waals surface area contributed by atoms with Crippen LogP contribution in [0, 0.1) is 0 Å². The van der Waals surface area contributed by atoms with Crippen LogP contribution in [0.2, 0.25) is 0 Å². The molecule has 0 saturated carbocycles. The summed E-state index contributed by atoms with van der Waals surface area (Å²) in [5, 5.41) is 3.64. The zero-order valence-corrected chi connectivity index (χ0v) is 15.0. The lowest BCUT2D eigenvalue weighted by Crippen LogP contribution is -2.35. The van der Waals surface area contributed by atoms with Gasteiger partial charge in [0.2, 0.25) is 0 Å². The molecule has 0 aliphatic carbocycles. The quantitative estimate of drug-likeness (QED) is 0.876. The summed E-state index contributed by atoms with van der Waals surface area (Å²) in [6.07, 6.45) is 3.18. The fraction of sp³-hybridized carbons (Fsp3) is 0.611. The van der Waals surface area contributed by atoms with E-state index in [9.17, 15) is 4.79 Å². The molecule has 0 spiro atoms. The van der Waals surface area contributed by atoms with E-state index < -0.39 is 5.60 Å². The zero-order valence-electron chi connectivity index (χ0n) is 14.2. The van der Waals surface area contributed by atoms with Crippen LogP contribution >= 0.6 is 11.8 Å². The summed E-state index contributed by atoms with van der Waals surface area (Å²) in [6.45, 7) is 6.40. The van der Waals surface area contributed by atoms with Crippen molar-refractivity contribution in [3.63, 3.8) is 0 Å². The minimum Gasteiger partial charge on any atom is -0.443 e. The van der Waals surface area contributed by atoms with E-state index in [4.69, 9.17) is 4.74 Å². The summed E-state index contributed by atoms with van der Waals surface area (Å²) in [5.74, 6) is 2.47. The van der Waals surface area contributed by atoms with Crippen LogP contribution in [0.1, 0.15) is 39.2 Å². The Hall–Kier alpha value is -1.36. The van der Waals surface area contributed by atoms with Crippen molar-refractivity contribution < 1.29 is 9.53 Å². The van der Waals surface area contributed by atoms with Crippen LogP contribution in [0.4, 0.5) is 16.2 Å². The molecule has 1 aromatic rings. The number of rotatable bonds is 2. The fourth-order valence-electron chi connectivity index (χ4n) is 3.09. The Labute approximate surface area is 143 Å². The van der Waals surface area contributed by atoms with Gasteiger partial charge in [-0.1, -0.05) is 0 Å². The third kappa shape index (κ3) is 4.14. The van der Waals surface area contributed by atoms with Gasteiger partial charge in [0.1, 0.15) is 5.60 Å². The highest BCUT2D eigenvalue weighted by molar-refractivity contribution is 7.99. The molecule has 126 valence electrons. The third-order valence-electron chi connectivity index (χ3n) is 4.12. The maximum Gasteiger partial charge on any atom is 0.414 e. The van der Waals surface area contributed by atoms with Crippen LogP contribution in [0.5, 0.6) is 0 Å². The minimum atomic E-state index is -0.458. The van der Waals surface area contributed by atoms with E-state index in [0.717, 1.165) is 12.1 Å². The zero-order chi connectivity index (χ0) is 16.4. The van der Waals surface area contributed by atoms with Crippen LogP contribution in [-0.2, 0) is 11.2 Å². The second-order valence-electron chi connectivity index (χ2n) is 7.28. The van der Waals surface area contributed by atoms with E-state index in [1.807, 2.05) is 38.6 Å². The maximum absolute atomic E-state index is 12.3. The maximum atomic E-state index is 12.3. The highest BCUT2D eigenvalue weighted by atomic mass is 32.2. The summed E-state index contributed by atoms with van der Waals surface area (Å²) < 4.78 is 5.50. The van der Waals surface area contributed by atoms with Crippen molar-refractivity contribution in [2.75, 3.05) is 28.3 Å². The molecule has 1 unspecified atom stereocenters. The molecule has 0 aromatic heterocycles. The fourth-order valence-corrected chi connectivity index (χ4v) is 4.16. The molecule has 5 heteroatoms. The molecule has 1 N–H and O–H groups in total. The number of carbonyl (C=O) groups excluding carboxylic acids is 1. The number of amides is 1. The first-order valence-electron chi connectivity index (χ1n) is 8.40. The van der Waals surface area contributed by atoms with Gasteiger partial charge in [-0.2, -0.15) is 11.8 Å². The molecule has 1 aromatic carbocycles. The number of hydrogen-bond acceptors (Lipinski definition) is 4. The Morgan fingerprint density at radius 3 is 2.91 bits per heavy atom. The van der Waals surface area contributed by atoms with E-state index >= 15 is 0 Å². The Morgan fingerprint density at radius 2 is 2.22 bits per heavy atom. The molecule has 4 nitrogen and oxygen atoms in total. The number of fused-ring (bicyclic) bond motifs is 1. The topological polar surface area (TPSA) is 41.6 Å². The summed E-state index contributed by atoms with van der Waals surface area (Å²) >= 11 is 2.03. The van der Waals surface area contributed by atoms with Crippen molar-refractivity contribution in [3.8, 4) is 0 Å². The van der Waals surface area contributed by atoms with Crippen LogP contribution in [-0.4, -0.2) is 35.8 Å². The Bertz CT molecular complexity index is 577. The normalized spacial score (nSPS) is 21.0. The van der Waals surface area contributed by atoms with Gasteiger partial charge in [-0.15, -0.1) is 0 Å². The number of hydrogen-bond donors (Lipinski definition) is 1. The number of carbonyl (C=O) groups is 1. The molecule has 0 bridgehead atoms. The van der Waals surface area contributed by atoms with Crippen LogP contribution in [0.3, 0.4) is 0 Å². The van der Waals surface area contributed by atoms with Crippen molar-refractivity contribution in [2.24, 2.45) is 0 Å². The predicted octanol–water partition coefficient (Wildman–Crippen LogP) is 4.29. The Balaban J connectivity index is 1.68. The van der Waals surface area contributed by atoms with Crippen LogP contribution in [0.15, 0.2) is 18.2 Å². The number of nitrogens with one attached hydrogen (secondary N) is 1. The average Bonchev–Trinajstić information content (AvgIpc) is 2.90. The molecule has 1 fully saturated rings. The number of nitrogens with zero attached hydrogens (tertiary/aromatic N) is 1. The first-order valence-corrected chi connectivity index (χ1v) is 9.55. The summed E-state index contributed by atoms with van der Waals surface area (Å²) in [4.78, 5) is 14.1. The van der Waals surface area contributed by atoms with E-state index in [2.05, 4.69) is 17.4 Å². The smallest absolute Gasteiger partial charge is 0.414 e. The van der Waals surface area contributed by atoms with Gasteiger partial charge in [0, 0.05) is 24.0 Å². The second kappa shape index (κ2) is 6.63. The Morgan fingerprint density at radius 1 is 1.39 bits per heavy atom. The SMILES string of the molecule is CC(C)(C)OC(=O)N1CCc2cc(NC3CCCSC3)ccc21. The van der Waals surface area contributed by atoms with E-state index in [1.54, 1.807) is 4.90 Å². The molecule has 1 saturated heterocycles. The second-order valence-corrected chi connectivity index (χ2v) is 8.43. The number of benzene rings is 1. The molecule has 1 amide bonds. The van der Waals surface area contributed by atoms with E-state index in [0.29, 0.717) is 12.6 Å². The summed E-state index contributed by atoms with van der Waals surface area (Å²) in [7, 11) is 0. The van der Waals surface area contributed by atoms with Gasteiger partial charge in [0.25, 0.3) is 0 Å². The lowest BCUT2D eigenvalue weighted by atomic mass is 10.1. The average molecular weight is 334 g/mol. The van der Waals surface area contributed by atoms with Crippen molar-refractivity contribution >= 4 is 29.2 Å². The standard InChI is InChI=1S/C18H26N2O2S/c1-18(2,3)22-17(21)20-9-8-13-11-14(6-7-16(13)20)19-15-5-4-10-23-12-15/h6-7,11,15,19H,4-5,8-10,12H2,1-3H3. The van der Waals surface area contributed by atoms with Crippen molar-refractivity contribution in [2.45, 2.75) is 51.7 Å². The van der Waals surface area contributed by atoms with Gasteiger partial charge < -0.3 is 10.1 Å². The largest absolute Gasteiger partial charge is 0.443 e. The van der Waals surface area contributed by atoms with Crippen molar-refractivity contribution in [3.05, 3.63) is 23.8 Å². The Kier molecular flexibility index (Phi) is 4.76. The first kappa shape index (κ1) is 16.5. The molecular weight excluding hydrogens is 308 g/mol. The highest BCUT2D eigenvalue weighted by Crippen LogP contribution is 2.32. The summed E-state index contributed by atoms with van der Waals surface area (Å²) in [5.41, 5.74) is 2.93. The van der Waals surface area contributed by atoms with Gasteiger partial charge in [-0.05, 0) is 69.5 Å².